The Morgan fingerprint density at radius 2 is 0.420 bits per heavy atom. The topological polar surface area (TPSA) is 0 Å². The highest BCUT2D eigenvalue weighted by Crippen LogP contribution is 2.42. The van der Waals surface area contributed by atoms with Crippen LogP contribution in [0.3, 0.4) is 0 Å². The molecule has 0 aromatic heterocycles. The molecule has 0 N–H and O–H groups in total. The largest absolute Gasteiger partial charge is 0.326 e. The predicted molar refractivity (Wildman–Crippen MR) is 232 cm³/mol. The minimum Gasteiger partial charge on any atom is -0.326 e. The third-order valence-corrected chi connectivity index (χ3v) is 12.7. The van der Waals surface area contributed by atoms with Crippen LogP contribution in [-0.4, -0.2) is 31.2 Å². The van der Waals surface area contributed by atoms with E-state index >= 15 is 0 Å². The van der Waals surface area contributed by atoms with Gasteiger partial charge in [-0.05, 0) is 69.6 Å². The smallest absolute Gasteiger partial charge is 0.0784 e. The summed E-state index contributed by atoms with van der Waals surface area (Å²) in [4.78, 5) is 0. The van der Waals surface area contributed by atoms with E-state index in [4.69, 9.17) is 0 Å². The normalized spacial score (nSPS) is 12.4. The van der Waals surface area contributed by atoms with Crippen molar-refractivity contribution in [2.24, 2.45) is 5.41 Å². The molecule has 50 heavy (non-hydrogen) atoms. The predicted octanol–water partition coefficient (Wildman–Crippen LogP) is 17.7. The molecule has 0 saturated heterocycles. The number of nitrogens with zero attached hydrogens (tertiary/aromatic N) is 1. The Hall–Kier alpha value is -0.0400. The van der Waals surface area contributed by atoms with Crippen LogP contribution in [0, 0.1) is 5.41 Å². The Bertz CT molecular complexity index is 568. The second-order valence-electron chi connectivity index (χ2n) is 17.9. The van der Waals surface area contributed by atoms with Gasteiger partial charge in [0.05, 0.1) is 26.7 Å². The van der Waals surface area contributed by atoms with Gasteiger partial charge in [0.25, 0.3) is 0 Å². The molecular weight excluding hydrogens is 603 g/mol. The summed E-state index contributed by atoms with van der Waals surface area (Å²) in [6.45, 7) is 16.0. The molecule has 0 atom stereocenters. The van der Waals surface area contributed by atoms with Gasteiger partial charge >= 0.3 is 0 Å². The van der Waals surface area contributed by atoms with Crippen molar-refractivity contribution in [2.45, 2.75) is 285 Å². The molecule has 0 amide bonds. The van der Waals surface area contributed by atoms with Gasteiger partial charge in [0, 0.05) is 0 Å². The lowest BCUT2D eigenvalue weighted by Crippen LogP contribution is -2.46. The van der Waals surface area contributed by atoms with E-state index in [1.807, 2.05) is 0 Å². The molecule has 0 saturated carbocycles. The molecule has 0 aliphatic carbocycles. The van der Waals surface area contributed by atoms with Crippen molar-refractivity contribution in [1.82, 2.24) is 0 Å². The molecule has 1 heteroatoms. The lowest BCUT2D eigenvalue weighted by atomic mass is 9.70. The summed E-state index contributed by atoms with van der Waals surface area (Å²) < 4.78 is 1.36. The third kappa shape index (κ3) is 32.6. The highest BCUT2D eigenvalue weighted by Gasteiger charge is 2.28. The Kier molecular flexibility index (Phi) is 38.6. The molecule has 0 spiro atoms. The van der Waals surface area contributed by atoms with Crippen LogP contribution in [0.25, 0.3) is 0 Å². The lowest BCUT2D eigenvalue weighted by Gasteiger charge is -2.35. The van der Waals surface area contributed by atoms with Crippen LogP contribution in [0.2, 0.25) is 0 Å². The number of hydrogen-bond donors (Lipinski definition) is 0. The Labute approximate surface area is 320 Å². The van der Waals surface area contributed by atoms with Gasteiger partial charge in [-0.3, -0.25) is 0 Å². The highest BCUT2D eigenvalue weighted by atomic mass is 15.3. The fourth-order valence-corrected chi connectivity index (χ4v) is 9.00. The van der Waals surface area contributed by atoms with E-state index in [2.05, 4.69) is 41.7 Å². The van der Waals surface area contributed by atoms with Crippen LogP contribution in [0.1, 0.15) is 285 Å². The molecule has 0 unspecified atom stereocenters. The first-order valence-corrected chi connectivity index (χ1v) is 24.3. The monoisotopic (exact) mass is 705 g/mol. The van der Waals surface area contributed by atoms with Crippen LogP contribution in [0.5, 0.6) is 0 Å². The molecule has 0 aliphatic rings. The lowest BCUT2D eigenvalue weighted by molar-refractivity contribution is -0.910. The fourth-order valence-electron chi connectivity index (χ4n) is 9.00. The molecule has 302 valence electrons. The summed E-state index contributed by atoms with van der Waals surface area (Å²) >= 11 is 0. The molecule has 0 fully saturated rings. The van der Waals surface area contributed by atoms with Gasteiger partial charge < -0.3 is 4.48 Å². The van der Waals surface area contributed by atoms with Crippen molar-refractivity contribution >= 4 is 0 Å². The van der Waals surface area contributed by atoms with Crippen molar-refractivity contribution in [3.63, 3.8) is 0 Å². The molecular formula is C49H102N+. The zero-order valence-electron chi connectivity index (χ0n) is 36.6. The average Bonchev–Trinajstić information content (AvgIpc) is 3.12. The maximum absolute atomic E-state index is 2.62. The van der Waals surface area contributed by atoms with Gasteiger partial charge in [-0.25, -0.2) is 0 Å². The summed E-state index contributed by atoms with van der Waals surface area (Å²) in [5, 5.41) is 0. The Morgan fingerprint density at radius 3 is 0.640 bits per heavy atom. The van der Waals surface area contributed by atoms with Crippen LogP contribution in [0.4, 0.5) is 0 Å². The van der Waals surface area contributed by atoms with Gasteiger partial charge in [-0.15, -0.1) is 0 Å². The summed E-state index contributed by atoms with van der Waals surface area (Å²) in [5.41, 5.74) is 0.657. The van der Waals surface area contributed by atoms with E-state index in [-0.39, 0.29) is 0 Å². The zero-order valence-corrected chi connectivity index (χ0v) is 36.6. The molecule has 0 rings (SSSR count). The summed E-state index contributed by atoms with van der Waals surface area (Å²) in [6.07, 6.45) is 57.1. The van der Waals surface area contributed by atoms with Crippen LogP contribution in [0.15, 0.2) is 0 Å². The Balaban J connectivity index is 5.02. The van der Waals surface area contributed by atoms with E-state index in [0.29, 0.717) is 5.41 Å². The molecule has 0 heterocycles. The minimum atomic E-state index is 0.657. The van der Waals surface area contributed by atoms with Crippen LogP contribution in [-0.2, 0) is 0 Å². The average molecular weight is 705 g/mol. The van der Waals surface area contributed by atoms with E-state index in [1.165, 1.54) is 275 Å². The molecule has 0 aromatic rings. The van der Waals surface area contributed by atoms with E-state index < -0.39 is 0 Å². The van der Waals surface area contributed by atoms with Crippen molar-refractivity contribution < 1.29 is 4.48 Å². The van der Waals surface area contributed by atoms with Crippen LogP contribution < -0.4 is 0 Å². The quantitative estimate of drug-likeness (QED) is 0.0438. The first-order valence-electron chi connectivity index (χ1n) is 24.3. The van der Waals surface area contributed by atoms with Crippen molar-refractivity contribution in [3.05, 3.63) is 0 Å². The number of unbranched alkanes of at least 4 members (excludes halogenated alkanes) is 29. The zero-order chi connectivity index (χ0) is 36.7. The van der Waals surface area contributed by atoms with Gasteiger partial charge in [-0.1, -0.05) is 221 Å². The SMILES string of the molecule is CCCCCCCCC(CCCCCCCC)(CCCCCCCC)CCCCCCC[N+](C)(CCCCCCCC)CCCCCCCC. The maximum Gasteiger partial charge on any atom is 0.0784 e. The fraction of sp³-hybridized carbons (Fsp3) is 1.00. The van der Waals surface area contributed by atoms with Gasteiger partial charge in [0.2, 0.25) is 0 Å². The molecule has 0 aromatic carbocycles. The molecule has 0 aliphatic heterocycles. The number of rotatable bonds is 43. The highest BCUT2D eigenvalue weighted by molar-refractivity contribution is 4.80. The summed E-state index contributed by atoms with van der Waals surface area (Å²) in [7, 11) is 2.62. The van der Waals surface area contributed by atoms with E-state index in [0.717, 1.165) is 0 Å². The summed E-state index contributed by atoms with van der Waals surface area (Å²) in [5.74, 6) is 0. The van der Waals surface area contributed by atoms with Crippen molar-refractivity contribution in [1.29, 1.82) is 0 Å². The first-order chi connectivity index (χ1) is 24.5. The van der Waals surface area contributed by atoms with Crippen molar-refractivity contribution in [2.75, 3.05) is 26.7 Å². The van der Waals surface area contributed by atoms with Crippen LogP contribution >= 0.6 is 0 Å². The molecule has 1 nitrogen and oxygen atoms in total. The second kappa shape index (κ2) is 38.7. The maximum atomic E-state index is 2.62. The van der Waals surface area contributed by atoms with Crippen molar-refractivity contribution in [3.8, 4) is 0 Å². The molecule has 0 radical (unpaired) electrons. The number of hydrogen-bond acceptors (Lipinski definition) is 0. The van der Waals surface area contributed by atoms with Gasteiger partial charge in [-0.2, -0.15) is 0 Å². The van der Waals surface area contributed by atoms with E-state index in [9.17, 15) is 0 Å². The first kappa shape index (κ1) is 50.0. The minimum absolute atomic E-state index is 0.657. The second-order valence-corrected chi connectivity index (χ2v) is 17.9. The van der Waals surface area contributed by atoms with Gasteiger partial charge in [0.15, 0.2) is 0 Å². The molecule has 0 bridgehead atoms. The number of quaternary nitrogens is 1. The van der Waals surface area contributed by atoms with E-state index in [1.54, 1.807) is 0 Å². The summed E-state index contributed by atoms with van der Waals surface area (Å²) in [6, 6.07) is 0. The van der Waals surface area contributed by atoms with Gasteiger partial charge in [0.1, 0.15) is 0 Å². The third-order valence-electron chi connectivity index (χ3n) is 12.7. The standard InChI is InChI=1S/C49H102N/c1-7-12-17-22-28-35-42-49(43-36-29-23-18-13-8-2,44-37-30-24-19-14-9-3)45-38-31-27-34-41-48-50(6,46-39-32-25-20-15-10-4)47-40-33-26-21-16-11-5/h7-48H2,1-6H3/q+1. The Morgan fingerprint density at radius 1 is 0.240 bits per heavy atom.